The zero-order valence-corrected chi connectivity index (χ0v) is 7.65. The van der Waals surface area contributed by atoms with E-state index >= 15 is 0 Å². The van der Waals surface area contributed by atoms with E-state index in [0.717, 1.165) is 3.57 Å². The Balaban J connectivity index is 3.25. The summed E-state index contributed by atoms with van der Waals surface area (Å²) in [6, 6.07) is 4.94. The van der Waals surface area contributed by atoms with Crippen molar-refractivity contribution < 1.29 is 4.39 Å². The van der Waals surface area contributed by atoms with Crippen LogP contribution in [0.1, 0.15) is 0 Å². The van der Waals surface area contributed by atoms with Crippen molar-refractivity contribution in [3.05, 3.63) is 27.6 Å². The minimum absolute atomic E-state index is 0.210. The summed E-state index contributed by atoms with van der Waals surface area (Å²) in [5.74, 6) is -0.210. The lowest BCUT2D eigenvalue weighted by Crippen LogP contribution is -2.11. The van der Waals surface area contributed by atoms with E-state index in [9.17, 15) is 4.39 Å². The SMILES string of the molecule is Fc1cccc(I)c1[Si]. The highest BCUT2D eigenvalue weighted by molar-refractivity contribution is 14.1. The predicted molar refractivity (Wildman–Crippen MR) is 44.5 cm³/mol. The Morgan fingerprint density at radius 1 is 1.44 bits per heavy atom. The molecule has 0 spiro atoms. The summed E-state index contributed by atoms with van der Waals surface area (Å²) >= 11 is 2.06. The maximum Gasteiger partial charge on any atom is 0.122 e. The van der Waals surface area contributed by atoms with Crippen LogP contribution >= 0.6 is 22.6 Å². The molecule has 0 atom stereocenters. The first-order valence-electron chi connectivity index (χ1n) is 2.37. The molecule has 0 aliphatic heterocycles. The third-order valence-electron chi connectivity index (χ3n) is 0.963. The Morgan fingerprint density at radius 3 is 2.56 bits per heavy atom. The van der Waals surface area contributed by atoms with Crippen LogP contribution in [0.3, 0.4) is 0 Å². The van der Waals surface area contributed by atoms with Gasteiger partial charge in [0.05, 0.1) is 10.2 Å². The molecular weight excluding hydrogens is 246 g/mol. The average Bonchev–Trinajstić information content (AvgIpc) is 1.83. The first-order chi connectivity index (χ1) is 4.22. The van der Waals surface area contributed by atoms with Gasteiger partial charge in [0.1, 0.15) is 5.82 Å². The van der Waals surface area contributed by atoms with Crippen LogP contribution in [0.25, 0.3) is 0 Å². The summed E-state index contributed by atoms with van der Waals surface area (Å²) in [5.41, 5.74) is 0. The molecule has 1 rings (SSSR count). The molecule has 0 fully saturated rings. The van der Waals surface area contributed by atoms with Crippen molar-refractivity contribution >= 4 is 38.0 Å². The van der Waals surface area contributed by atoms with Crippen molar-refractivity contribution in [3.8, 4) is 0 Å². The van der Waals surface area contributed by atoms with Crippen LogP contribution in [-0.2, 0) is 0 Å². The molecule has 1 aromatic rings. The Hall–Kier alpha value is 0.0969. The summed E-state index contributed by atoms with van der Waals surface area (Å²) in [7, 11) is 3.15. The second-order valence-electron chi connectivity index (χ2n) is 1.60. The van der Waals surface area contributed by atoms with Gasteiger partial charge < -0.3 is 0 Å². The quantitative estimate of drug-likeness (QED) is 0.479. The minimum Gasteiger partial charge on any atom is -0.207 e. The van der Waals surface area contributed by atoms with Crippen LogP contribution in [0, 0.1) is 9.39 Å². The molecule has 1 aromatic carbocycles. The molecule has 3 heteroatoms. The lowest BCUT2D eigenvalue weighted by atomic mass is 10.3. The van der Waals surface area contributed by atoms with Crippen molar-refractivity contribution in [1.29, 1.82) is 0 Å². The van der Waals surface area contributed by atoms with Crippen molar-refractivity contribution in [3.63, 3.8) is 0 Å². The lowest BCUT2D eigenvalue weighted by Gasteiger charge is -1.95. The van der Waals surface area contributed by atoms with Gasteiger partial charge in [-0.3, -0.25) is 0 Å². The summed E-state index contributed by atoms with van der Waals surface area (Å²) in [5, 5.41) is 0.540. The zero-order valence-electron chi connectivity index (χ0n) is 4.49. The molecule has 0 bridgehead atoms. The highest BCUT2D eigenvalue weighted by Crippen LogP contribution is 2.01. The molecular formula is C6H3FISi. The molecule has 0 aromatic heterocycles. The highest BCUT2D eigenvalue weighted by Gasteiger charge is 1.97. The van der Waals surface area contributed by atoms with Crippen molar-refractivity contribution in [1.82, 2.24) is 0 Å². The Labute approximate surface area is 70.0 Å². The maximum atomic E-state index is 12.5. The van der Waals surface area contributed by atoms with E-state index in [2.05, 4.69) is 32.8 Å². The van der Waals surface area contributed by atoms with Gasteiger partial charge in [0.15, 0.2) is 0 Å². The van der Waals surface area contributed by atoms with Gasteiger partial charge in [-0.25, -0.2) is 4.39 Å². The Bertz CT molecular complexity index is 204. The van der Waals surface area contributed by atoms with E-state index in [1.54, 1.807) is 6.07 Å². The first-order valence-corrected chi connectivity index (χ1v) is 3.95. The van der Waals surface area contributed by atoms with Crippen LogP contribution in [0.15, 0.2) is 18.2 Å². The van der Waals surface area contributed by atoms with E-state index in [-0.39, 0.29) is 5.82 Å². The van der Waals surface area contributed by atoms with Gasteiger partial charge in [-0.05, 0) is 39.9 Å². The summed E-state index contributed by atoms with van der Waals surface area (Å²) in [6.07, 6.45) is 0. The number of rotatable bonds is 0. The fourth-order valence-electron chi connectivity index (χ4n) is 0.498. The van der Waals surface area contributed by atoms with Gasteiger partial charge in [-0.1, -0.05) is 6.07 Å². The van der Waals surface area contributed by atoms with Gasteiger partial charge in [0, 0.05) is 3.57 Å². The Morgan fingerprint density at radius 2 is 2.11 bits per heavy atom. The fraction of sp³-hybridized carbons (Fsp3) is 0. The van der Waals surface area contributed by atoms with E-state index in [0.29, 0.717) is 5.19 Å². The van der Waals surface area contributed by atoms with Crippen molar-refractivity contribution in [2.75, 3.05) is 0 Å². The molecule has 45 valence electrons. The second-order valence-corrected chi connectivity index (χ2v) is 3.26. The standard InChI is InChI=1S/C6H3FISi/c7-4-2-1-3-5(8)6(4)9/h1-3H. The van der Waals surface area contributed by atoms with E-state index in [1.165, 1.54) is 6.07 Å². The second kappa shape index (κ2) is 2.79. The summed E-state index contributed by atoms with van der Waals surface area (Å²) in [6.45, 7) is 0. The monoisotopic (exact) mass is 249 g/mol. The molecule has 9 heavy (non-hydrogen) atoms. The highest BCUT2D eigenvalue weighted by atomic mass is 127. The normalized spacial score (nSPS) is 9.67. The molecule has 0 unspecified atom stereocenters. The van der Waals surface area contributed by atoms with Gasteiger partial charge in [0.25, 0.3) is 0 Å². The molecule has 0 nitrogen and oxygen atoms in total. The van der Waals surface area contributed by atoms with Crippen LogP contribution < -0.4 is 5.19 Å². The number of halogens is 2. The number of hydrogen-bond acceptors (Lipinski definition) is 0. The smallest absolute Gasteiger partial charge is 0.122 e. The van der Waals surface area contributed by atoms with E-state index in [4.69, 9.17) is 0 Å². The predicted octanol–water partition coefficient (Wildman–Crippen LogP) is 1.22. The molecule has 0 heterocycles. The largest absolute Gasteiger partial charge is 0.207 e. The van der Waals surface area contributed by atoms with Crippen molar-refractivity contribution in [2.45, 2.75) is 0 Å². The molecule has 0 aliphatic rings. The minimum atomic E-state index is -0.210. The number of benzene rings is 1. The average molecular weight is 249 g/mol. The first kappa shape index (κ1) is 7.21. The summed E-state index contributed by atoms with van der Waals surface area (Å²) in [4.78, 5) is 0. The third kappa shape index (κ3) is 1.51. The molecule has 3 radical (unpaired) electrons. The van der Waals surface area contributed by atoms with Crippen LogP contribution in [-0.4, -0.2) is 10.2 Å². The van der Waals surface area contributed by atoms with Crippen molar-refractivity contribution in [2.24, 2.45) is 0 Å². The van der Waals surface area contributed by atoms with E-state index < -0.39 is 0 Å². The molecule has 0 amide bonds. The maximum absolute atomic E-state index is 12.5. The van der Waals surface area contributed by atoms with Crippen LogP contribution in [0.5, 0.6) is 0 Å². The number of hydrogen-bond donors (Lipinski definition) is 0. The van der Waals surface area contributed by atoms with E-state index in [1.807, 2.05) is 6.07 Å². The molecule has 0 aliphatic carbocycles. The molecule has 0 saturated heterocycles. The third-order valence-corrected chi connectivity index (χ3v) is 2.88. The van der Waals surface area contributed by atoms with Gasteiger partial charge >= 0.3 is 0 Å². The van der Waals surface area contributed by atoms with Gasteiger partial charge in [-0.2, -0.15) is 0 Å². The molecule has 0 saturated carbocycles. The fourth-order valence-corrected chi connectivity index (χ4v) is 1.13. The lowest BCUT2D eigenvalue weighted by molar-refractivity contribution is 0.635. The van der Waals surface area contributed by atoms with Crippen LogP contribution in [0.2, 0.25) is 0 Å². The van der Waals surface area contributed by atoms with Gasteiger partial charge in [0.2, 0.25) is 0 Å². The van der Waals surface area contributed by atoms with Gasteiger partial charge in [-0.15, -0.1) is 0 Å². The zero-order chi connectivity index (χ0) is 6.85. The van der Waals surface area contributed by atoms with Crippen LogP contribution in [0.4, 0.5) is 4.39 Å². The Kier molecular flexibility index (Phi) is 2.23. The molecule has 0 N–H and O–H groups in total. The summed E-state index contributed by atoms with van der Waals surface area (Å²) < 4.78 is 13.4. The topological polar surface area (TPSA) is 0 Å².